The number of amides is 1. The topological polar surface area (TPSA) is 81.1 Å². The first-order valence-electron chi connectivity index (χ1n) is 5.50. The van der Waals surface area contributed by atoms with Gasteiger partial charge in [0.2, 0.25) is 5.91 Å². The first-order chi connectivity index (χ1) is 7.96. The summed E-state index contributed by atoms with van der Waals surface area (Å²) < 4.78 is 24.1. The van der Waals surface area contributed by atoms with Gasteiger partial charge in [0.15, 0.2) is 15.7 Å². The van der Waals surface area contributed by atoms with Gasteiger partial charge in [0.1, 0.15) is 0 Å². The van der Waals surface area contributed by atoms with Crippen molar-refractivity contribution in [1.82, 2.24) is 9.78 Å². The molecule has 1 rings (SSSR count). The maximum Gasteiger partial charge on any atom is 0.225 e. The molecule has 1 N–H and O–H groups in total. The van der Waals surface area contributed by atoms with E-state index in [9.17, 15) is 13.2 Å². The number of rotatable bonds is 6. The van der Waals surface area contributed by atoms with E-state index < -0.39 is 9.84 Å². The van der Waals surface area contributed by atoms with Gasteiger partial charge in [0.25, 0.3) is 0 Å². The molecule has 0 aliphatic carbocycles. The summed E-state index contributed by atoms with van der Waals surface area (Å²) in [4.78, 5) is 11.1. The lowest BCUT2D eigenvalue weighted by atomic mass is 10.4. The number of carbonyl (C=O) groups is 1. The largest absolute Gasteiger partial charge is 0.309 e. The van der Waals surface area contributed by atoms with E-state index in [1.165, 1.54) is 4.68 Å². The molecule has 17 heavy (non-hydrogen) atoms. The molecule has 0 radical (unpaired) electrons. The second-order valence-electron chi connectivity index (χ2n) is 3.60. The van der Waals surface area contributed by atoms with Crippen LogP contribution in [0.25, 0.3) is 0 Å². The van der Waals surface area contributed by atoms with Crippen molar-refractivity contribution < 1.29 is 13.2 Å². The van der Waals surface area contributed by atoms with Crippen molar-refractivity contribution in [3.63, 3.8) is 0 Å². The molecule has 0 spiro atoms. The highest BCUT2D eigenvalue weighted by atomic mass is 32.2. The molecule has 0 saturated heterocycles. The minimum atomic E-state index is -2.98. The molecule has 96 valence electrons. The highest BCUT2D eigenvalue weighted by Gasteiger charge is 2.08. The third-order valence-corrected chi connectivity index (χ3v) is 3.98. The van der Waals surface area contributed by atoms with Crippen LogP contribution in [0.15, 0.2) is 12.3 Å². The van der Waals surface area contributed by atoms with Crippen molar-refractivity contribution in [2.24, 2.45) is 0 Å². The van der Waals surface area contributed by atoms with E-state index in [1.807, 2.05) is 0 Å². The zero-order valence-corrected chi connectivity index (χ0v) is 10.8. The molecule has 0 bridgehead atoms. The van der Waals surface area contributed by atoms with Crippen molar-refractivity contribution in [3.05, 3.63) is 12.3 Å². The van der Waals surface area contributed by atoms with Gasteiger partial charge in [-0.25, -0.2) is 8.42 Å². The van der Waals surface area contributed by atoms with Gasteiger partial charge in [0, 0.05) is 24.4 Å². The number of anilines is 1. The molecule has 0 saturated carbocycles. The Labute approximate surface area is 101 Å². The fraction of sp³-hybridized carbons (Fsp3) is 0.600. The van der Waals surface area contributed by atoms with Crippen LogP contribution in [0.5, 0.6) is 0 Å². The average molecular weight is 259 g/mol. The van der Waals surface area contributed by atoms with E-state index >= 15 is 0 Å². The minimum absolute atomic E-state index is 0.0618. The highest BCUT2D eigenvalue weighted by Crippen LogP contribution is 2.03. The van der Waals surface area contributed by atoms with Gasteiger partial charge >= 0.3 is 0 Å². The highest BCUT2D eigenvalue weighted by molar-refractivity contribution is 7.91. The number of aromatic nitrogens is 2. The van der Waals surface area contributed by atoms with Gasteiger partial charge in [-0.3, -0.25) is 9.48 Å². The summed E-state index contributed by atoms with van der Waals surface area (Å²) >= 11 is 0. The fourth-order valence-corrected chi connectivity index (χ4v) is 1.91. The molecular weight excluding hydrogens is 242 g/mol. The number of aryl methyl sites for hydroxylation is 1. The van der Waals surface area contributed by atoms with Gasteiger partial charge in [-0.1, -0.05) is 13.8 Å². The quantitative estimate of drug-likeness (QED) is 0.814. The lowest BCUT2D eigenvalue weighted by Gasteiger charge is -2.02. The molecule has 0 unspecified atom stereocenters. The normalized spacial score (nSPS) is 11.4. The van der Waals surface area contributed by atoms with Crippen LogP contribution in [-0.2, 0) is 21.2 Å². The van der Waals surface area contributed by atoms with Crippen LogP contribution in [0.2, 0.25) is 0 Å². The number of sulfone groups is 1. The van der Waals surface area contributed by atoms with E-state index in [2.05, 4.69) is 10.4 Å². The zero-order chi connectivity index (χ0) is 12.9. The van der Waals surface area contributed by atoms with Crippen LogP contribution in [-0.4, -0.2) is 35.6 Å². The fourth-order valence-electron chi connectivity index (χ4n) is 1.16. The second kappa shape index (κ2) is 5.81. The van der Waals surface area contributed by atoms with Gasteiger partial charge < -0.3 is 5.32 Å². The van der Waals surface area contributed by atoms with E-state index in [0.717, 1.165) is 0 Å². The van der Waals surface area contributed by atoms with Crippen molar-refractivity contribution in [3.8, 4) is 0 Å². The summed E-state index contributed by atoms with van der Waals surface area (Å²) in [5.41, 5.74) is 0. The molecular formula is C10H17N3O3S. The molecule has 0 aromatic carbocycles. The standard InChI is InChI=1S/C10H17N3O3S/c1-3-10(14)11-9-5-6-13(12-9)7-8-17(15,16)4-2/h5-6H,3-4,7-8H2,1-2H3,(H,11,12,14). The molecule has 0 aliphatic heterocycles. The SMILES string of the molecule is CCC(=O)Nc1ccn(CCS(=O)(=O)CC)n1. The predicted molar refractivity (Wildman–Crippen MR) is 65.5 cm³/mol. The summed E-state index contributed by atoms with van der Waals surface area (Å²) in [7, 11) is -2.98. The average Bonchev–Trinajstić information content (AvgIpc) is 2.74. The van der Waals surface area contributed by atoms with Gasteiger partial charge in [0.05, 0.1) is 12.3 Å². The Balaban J connectivity index is 2.54. The number of nitrogens with zero attached hydrogens (tertiary/aromatic N) is 2. The minimum Gasteiger partial charge on any atom is -0.309 e. The predicted octanol–water partition coefficient (Wildman–Crippen LogP) is 0.666. The smallest absolute Gasteiger partial charge is 0.225 e. The maximum atomic E-state index is 11.3. The van der Waals surface area contributed by atoms with E-state index in [-0.39, 0.29) is 17.4 Å². The van der Waals surface area contributed by atoms with Crippen molar-refractivity contribution in [1.29, 1.82) is 0 Å². The number of nitrogens with one attached hydrogen (secondary N) is 1. The Morgan fingerprint density at radius 1 is 1.47 bits per heavy atom. The van der Waals surface area contributed by atoms with Crippen molar-refractivity contribution >= 4 is 21.6 Å². The molecule has 6 nitrogen and oxygen atoms in total. The Kier molecular flexibility index (Phi) is 4.68. The lowest BCUT2D eigenvalue weighted by molar-refractivity contribution is -0.115. The Morgan fingerprint density at radius 3 is 2.76 bits per heavy atom. The summed E-state index contributed by atoms with van der Waals surface area (Å²) in [5.74, 6) is 0.530. The summed E-state index contributed by atoms with van der Waals surface area (Å²) in [5, 5.41) is 6.66. The molecule has 1 amide bonds. The third-order valence-electron chi connectivity index (χ3n) is 2.30. The van der Waals surface area contributed by atoms with Crippen LogP contribution < -0.4 is 5.32 Å². The summed E-state index contributed by atoms with van der Waals surface area (Å²) in [6.07, 6.45) is 2.04. The Hall–Kier alpha value is -1.37. The van der Waals surface area contributed by atoms with E-state index in [1.54, 1.807) is 26.1 Å². The zero-order valence-electron chi connectivity index (χ0n) is 10.0. The number of hydrogen-bond donors (Lipinski definition) is 1. The van der Waals surface area contributed by atoms with Crippen LogP contribution in [0, 0.1) is 0 Å². The molecule has 1 aromatic heterocycles. The van der Waals surface area contributed by atoms with Gasteiger partial charge in [-0.2, -0.15) is 5.10 Å². The monoisotopic (exact) mass is 259 g/mol. The molecule has 1 heterocycles. The molecule has 0 atom stereocenters. The summed E-state index contributed by atoms with van der Waals surface area (Å²) in [6.45, 7) is 3.67. The summed E-state index contributed by atoms with van der Waals surface area (Å²) in [6, 6.07) is 1.64. The third kappa shape index (κ3) is 4.56. The first-order valence-corrected chi connectivity index (χ1v) is 7.32. The van der Waals surface area contributed by atoms with Gasteiger partial charge in [-0.05, 0) is 0 Å². The van der Waals surface area contributed by atoms with Crippen LogP contribution in [0.4, 0.5) is 5.82 Å². The van der Waals surface area contributed by atoms with E-state index in [0.29, 0.717) is 18.8 Å². The van der Waals surface area contributed by atoms with Crippen LogP contribution >= 0.6 is 0 Å². The number of hydrogen-bond acceptors (Lipinski definition) is 4. The molecule has 1 aromatic rings. The Bertz CT molecular complexity index is 479. The molecule has 0 aliphatic rings. The molecule has 7 heteroatoms. The maximum absolute atomic E-state index is 11.3. The van der Waals surface area contributed by atoms with Crippen LogP contribution in [0.3, 0.4) is 0 Å². The van der Waals surface area contributed by atoms with E-state index in [4.69, 9.17) is 0 Å². The number of carbonyl (C=O) groups excluding carboxylic acids is 1. The van der Waals surface area contributed by atoms with Crippen molar-refractivity contribution in [2.45, 2.75) is 26.8 Å². The van der Waals surface area contributed by atoms with Crippen LogP contribution in [0.1, 0.15) is 20.3 Å². The van der Waals surface area contributed by atoms with Crippen molar-refractivity contribution in [2.75, 3.05) is 16.8 Å². The lowest BCUT2D eigenvalue weighted by Crippen LogP contribution is -2.15. The Morgan fingerprint density at radius 2 is 2.18 bits per heavy atom. The van der Waals surface area contributed by atoms with Gasteiger partial charge in [-0.15, -0.1) is 0 Å². The first kappa shape index (κ1) is 13.7. The molecule has 0 fully saturated rings. The second-order valence-corrected chi connectivity index (χ2v) is 6.07.